The lowest BCUT2D eigenvalue weighted by Crippen LogP contribution is -2.50. The van der Waals surface area contributed by atoms with Gasteiger partial charge in [0.15, 0.2) is 5.78 Å². The number of aromatic nitrogens is 1. The number of urea groups is 1. The molecule has 1 atom stereocenters. The van der Waals surface area contributed by atoms with Gasteiger partial charge < -0.3 is 26.7 Å². The molecule has 2 aromatic rings. The lowest BCUT2D eigenvalue weighted by Gasteiger charge is -2.27. The van der Waals surface area contributed by atoms with Crippen LogP contribution >= 0.6 is 0 Å². The van der Waals surface area contributed by atoms with Gasteiger partial charge in [-0.3, -0.25) is 19.3 Å². The van der Waals surface area contributed by atoms with Crippen LogP contribution in [0.25, 0.3) is 5.57 Å². The Morgan fingerprint density at radius 2 is 1.97 bits per heavy atom. The van der Waals surface area contributed by atoms with Gasteiger partial charge >= 0.3 is 6.03 Å². The van der Waals surface area contributed by atoms with E-state index in [1.807, 2.05) is 37.3 Å². The summed E-state index contributed by atoms with van der Waals surface area (Å²) in [5.74, 6) is 11.9. The fourth-order valence-corrected chi connectivity index (χ4v) is 4.09. The number of nitrogens with two attached hydrogens (primary N) is 2. The number of carbonyl (C=O) groups excluding carboxylic acids is 3. The number of anilines is 2. The van der Waals surface area contributed by atoms with Gasteiger partial charge in [0.05, 0.1) is 35.7 Å². The van der Waals surface area contributed by atoms with Gasteiger partial charge in [0.2, 0.25) is 5.91 Å². The number of rotatable bonds is 5. The summed E-state index contributed by atoms with van der Waals surface area (Å²) in [5, 5.41) is 10.2. The van der Waals surface area contributed by atoms with E-state index in [0.29, 0.717) is 34.8 Å². The second kappa shape index (κ2) is 9.32. The average Bonchev–Trinajstić information content (AvgIpc) is 3.11. The zero-order chi connectivity index (χ0) is 24.4. The molecule has 0 fully saturated rings. The number of Topliss-reactive ketones (excluding diaryl/α,β-unsaturated/α-hetero) is 1. The molecule has 1 unspecified atom stereocenters. The third kappa shape index (κ3) is 4.20. The minimum Gasteiger partial charge on any atom is -0.367 e. The van der Waals surface area contributed by atoms with Crippen LogP contribution in [0.1, 0.15) is 35.6 Å². The molecule has 34 heavy (non-hydrogen) atoms. The van der Waals surface area contributed by atoms with E-state index >= 15 is 0 Å². The maximum absolute atomic E-state index is 13.3. The summed E-state index contributed by atoms with van der Waals surface area (Å²) >= 11 is 0. The highest BCUT2D eigenvalue weighted by atomic mass is 16.2. The van der Waals surface area contributed by atoms with E-state index in [0.717, 1.165) is 10.7 Å². The van der Waals surface area contributed by atoms with E-state index in [9.17, 15) is 14.4 Å². The Morgan fingerprint density at radius 1 is 1.24 bits per heavy atom. The number of nitrogens with zero attached hydrogens (tertiary/aromatic N) is 3. The molecule has 11 nitrogen and oxygen atoms in total. The molecular weight excluding hydrogens is 436 g/mol. The lowest BCUT2D eigenvalue weighted by atomic mass is 10.0. The molecule has 1 aromatic heterocycles. The van der Waals surface area contributed by atoms with Crippen molar-refractivity contribution in [1.82, 2.24) is 25.2 Å². The van der Waals surface area contributed by atoms with E-state index in [1.165, 1.54) is 16.5 Å². The first kappa shape index (κ1) is 22.9. The van der Waals surface area contributed by atoms with Gasteiger partial charge in [-0.2, -0.15) is 0 Å². The normalized spacial score (nSPS) is 16.9. The Balaban J connectivity index is 1.84. The molecule has 3 amide bonds. The van der Waals surface area contributed by atoms with Crippen LogP contribution in [0.5, 0.6) is 0 Å². The van der Waals surface area contributed by atoms with Gasteiger partial charge in [-0.25, -0.2) is 10.6 Å². The number of hydrazine groups is 1. The van der Waals surface area contributed by atoms with Crippen LogP contribution in [-0.4, -0.2) is 51.6 Å². The first-order valence-corrected chi connectivity index (χ1v) is 10.9. The molecule has 0 spiro atoms. The third-order valence-electron chi connectivity index (χ3n) is 5.72. The second-order valence-corrected chi connectivity index (χ2v) is 8.01. The smallest absolute Gasteiger partial charge is 0.318 e. The maximum Gasteiger partial charge on any atom is 0.318 e. The van der Waals surface area contributed by atoms with Gasteiger partial charge in [0.25, 0.3) is 0 Å². The Bertz CT molecular complexity index is 1180. The van der Waals surface area contributed by atoms with Crippen LogP contribution in [0.15, 0.2) is 48.7 Å². The highest BCUT2D eigenvalue weighted by Crippen LogP contribution is 2.38. The molecule has 7 N–H and O–H groups in total. The topological polar surface area (TPSA) is 151 Å². The van der Waals surface area contributed by atoms with Crippen LogP contribution in [0, 0.1) is 0 Å². The van der Waals surface area contributed by atoms with E-state index in [-0.39, 0.29) is 30.8 Å². The monoisotopic (exact) mass is 464 g/mol. The van der Waals surface area contributed by atoms with Gasteiger partial charge in [-0.1, -0.05) is 18.2 Å². The number of nitrogen functional groups attached to an aromatic ring is 1. The standard InChI is InChI=1S/C23H28N8O3/c1-3-26-23(34)29-12-17-20(18(33)13-29)21(28-16-7-5-4-6-8-16)22(31(17)25)15-9-10-27-19(11-15)30(24)14(2)32/h4-11,19,27-28H,3,12-13,24-25H2,1-2H3,(H,26,34). The number of para-hydroxylation sites is 1. The van der Waals surface area contributed by atoms with Crippen LogP contribution in [0.4, 0.5) is 16.2 Å². The van der Waals surface area contributed by atoms with E-state index in [1.54, 1.807) is 18.4 Å². The maximum atomic E-state index is 13.3. The molecule has 4 rings (SSSR count). The van der Waals surface area contributed by atoms with Crippen molar-refractivity contribution >= 4 is 34.7 Å². The van der Waals surface area contributed by atoms with Crippen molar-refractivity contribution in [3.05, 3.63) is 65.6 Å². The summed E-state index contributed by atoms with van der Waals surface area (Å²) in [6.07, 6.45) is 4.62. The van der Waals surface area contributed by atoms with Crippen molar-refractivity contribution in [2.75, 3.05) is 24.2 Å². The quantitative estimate of drug-likeness (QED) is 0.254. The molecule has 2 aliphatic heterocycles. The molecule has 0 saturated heterocycles. The SMILES string of the molecule is CCNC(=O)N1CC(=O)c2c(Nc3ccccc3)c(C3=CC(N(N)C(C)=O)NC=C3)n(N)c2C1. The van der Waals surface area contributed by atoms with Crippen LogP contribution in [-0.2, 0) is 11.3 Å². The van der Waals surface area contributed by atoms with Crippen LogP contribution < -0.4 is 27.6 Å². The van der Waals surface area contributed by atoms with Crippen molar-refractivity contribution in [3.8, 4) is 0 Å². The summed E-state index contributed by atoms with van der Waals surface area (Å²) in [5.41, 5.74) is 3.45. The molecular formula is C23H28N8O3. The van der Waals surface area contributed by atoms with Crippen molar-refractivity contribution in [3.63, 3.8) is 0 Å². The molecule has 178 valence electrons. The number of ketones is 1. The van der Waals surface area contributed by atoms with Gasteiger partial charge in [-0.05, 0) is 37.4 Å². The zero-order valence-corrected chi connectivity index (χ0v) is 19.0. The summed E-state index contributed by atoms with van der Waals surface area (Å²) in [6.45, 7) is 3.74. The van der Waals surface area contributed by atoms with Crippen LogP contribution in [0.3, 0.4) is 0 Å². The molecule has 2 aliphatic rings. The molecule has 0 aliphatic carbocycles. The largest absolute Gasteiger partial charge is 0.367 e. The molecule has 0 radical (unpaired) electrons. The van der Waals surface area contributed by atoms with Crippen molar-refractivity contribution in [1.29, 1.82) is 0 Å². The molecule has 0 saturated carbocycles. The minimum absolute atomic E-state index is 0.0638. The van der Waals surface area contributed by atoms with E-state index in [2.05, 4.69) is 16.0 Å². The number of fused-ring (bicyclic) bond motifs is 1. The van der Waals surface area contributed by atoms with Crippen molar-refractivity contribution in [2.24, 2.45) is 5.84 Å². The minimum atomic E-state index is -0.600. The lowest BCUT2D eigenvalue weighted by molar-refractivity contribution is -0.130. The molecule has 1 aromatic carbocycles. The predicted octanol–water partition coefficient (Wildman–Crippen LogP) is 1.22. The first-order valence-electron chi connectivity index (χ1n) is 10.9. The average molecular weight is 465 g/mol. The van der Waals surface area contributed by atoms with Crippen molar-refractivity contribution < 1.29 is 14.4 Å². The van der Waals surface area contributed by atoms with E-state index in [4.69, 9.17) is 11.7 Å². The summed E-state index contributed by atoms with van der Waals surface area (Å²) in [7, 11) is 0. The highest BCUT2D eigenvalue weighted by molar-refractivity contribution is 6.09. The molecule has 0 bridgehead atoms. The number of allylic oxidation sites excluding steroid dienone is 2. The number of dihydropyridines is 1. The van der Waals surface area contributed by atoms with Gasteiger partial charge in [0.1, 0.15) is 6.17 Å². The Morgan fingerprint density at radius 3 is 2.65 bits per heavy atom. The highest BCUT2D eigenvalue weighted by Gasteiger charge is 2.35. The first-order chi connectivity index (χ1) is 16.3. The summed E-state index contributed by atoms with van der Waals surface area (Å²) in [6, 6.07) is 9.08. The summed E-state index contributed by atoms with van der Waals surface area (Å²) < 4.78 is 1.43. The number of amides is 3. The fourth-order valence-electron chi connectivity index (χ4n) is 4.09. The molecule has 11 heteroatoms. The van der Waals surface area contributed by atoms with Crippen LogP contribution in [0.2, 0.25) is 0 Å². The van der Waals surface area contributed by atoms with E-state index < -0.39 is 6.17 Å². The Hall–Kier alpha value is -4.25. The zero-order valence-electron chi connectivity index (χ0n) is 19.0. The van der Waals surface area contributed by atoms with Crippen molar-refractivity contribution in [2.45, 2.75) is 26.6 Å². The van der Waals surface area contributed by atoms with Gasteiger partial charge in [0, 0.05) is 24.7 Å². The summed E-state index contributed by atoms with van der Waals surface area (Å²) in [4.78, 5) is 38.9. The van der Waals surface area contributed by atoms with Gasteiger partial charge in [-0.15, -0.1) is 0 Å². The number of hydrogen-bond donors (Lipinski definition) is 5. The Kier molecular flexibility index (Phi) is 6.28. The number of nitrogens with one attached hydrogen (secondary N) is 3. The predicted molar refractivity (Wildman–Crippen MR) is 129 cm³/mol. The second-order valence-electron chi connectivity index (χ2n) is 8.01. The fraction of sp³-hybridized carbons (Fsp3) is 0.261. The number of hydrogen-bond acceptors (Lipinski definition) is 7. The third-order valence-corrected chi connectivity index (χ3v) is 5.72. The Labute approximate surface area is 197 Å². The molecule has 3 heterocycles. The number of carbonyl (C=O) groups is 3. The number of benzene rings is 1.